The molecule has 9 aromatic rings. The third-order valence-corrected chi connectivity index (χ3v) is 12.1. The molecule has 0 aromatic heterocycles. The average molecular weight is 703 g/mol. The molecule has 0 heterocycles. The summed E-state index contributed by atoms with van der Waals surface area (Å²) in [5.41, 5.74) is 18.1. The largest absolute Gasteiger partial charge is 0.0653 e. The van der Waals surface area contributed by atoms with E-state index >= 15 is 0 Å². The zero-order valence-electron chi connectivity index (χ0n) is 31.4. The fourth-order valence-corrected chi connectivity index (χ4v) is 9.47. The summed E-state index contributed by atoms with van der Waals surface area (Å²) in [5, 5.41) is 5.13. The SMILES string of the molecule is CCCC1(C)c2ccccc2-c2ccc(-c3c4ccccc4c(-c4ccc(-c5cc(-c6ccccc6)cc(-c6ccccc6)c5)cc4)c4ccccc34)cc21. The Morgan fingerprint density at radius 2 is 0.727 bits per heavy atom. The summed E-state index contributed by atoms with van der Waals surface area (Å²) < 4.78 is 0. The Morgan fingerprint density at radius 1 is 0.327 bits per heavy atom. The van der Waals surface area contributed by atoms with Crippen LogP contribution in [-0.2, 0) is 5.41 Å². The predicted octanol–water partition coefficient (Wildman–Crippen LogP) is 15.4. The van der Waals surface area contributed by atoms with Crippen molar-refractivity contribution in [3.63, 3.8) is 0 Å². The lowest BCUT2D eigenvalue weighted by molar-refractivity contribution is 0.524. The van der Waals surface area contributed by atoms with Crippen LogP contribution >= 0.6 is 0 Å². The second-order valence-electron chi connectivity index (χ2n) is 15.3. The second kappa shape index (κ2) is 13.4. The van der Waals surface area contributed by atoms with E-state index in [-0.39, 0.29) is 5.41 Å². The normalized spacial score (nSPS) is 14.6. The number of fused-ring (bicyclic) bond motifs is 5. The number of hydrogen-bond donors (Lipinski definition) is 0. The van der Waals surface area contributed by atoms with Gasteiger partial charge in [-0.15, -0.1) is 0 Å². The van der Waals surface area contributed by atoms with Crippen LogP contribution in [0.4, 0.5) is 0 Å². The first-order valence-electron chi connectivity index (χ1n) is 19.7. The maximum absolute atomic E-state index is 2.51. The third-order valence-electron chi connectivity index (χ3n) is 12.1. The van der Waals surface area contributed by atoms with E-state index in [9.17, 15) is 0 Å². The number of benzene rings is 9. The molecule has 0 radical (unpaired) electrons. The van der Waals surface area contributed by atoms with Crippen molar-refractivity contribution in [2.24, 2.45) is 0 Å². The number of hydrogen-bond acceptors (Lipinski definition) is 0. The minimum Gasteiger partial charge on any atom is -0.0653 e. The van der Waals surface area contributed by atoms with Crippen LogP contribution in [0.5, 0.6) is 0 Å². The first-order valence-corrected chi connectivity index (χ1v) is 19.7. The van der Waals surface area contributed by atoms with Gasteiger partial charge in [-0.25, -0.2) is 0 Å². The van der Waals surface area contributed by atoms with Crippen molar-refractivity contribution in [3.05, 3.63) is 205 Å². The predicted molar refractivity (Wildman–Crippen MR) is 235 cm³/mol. The van der Waals surface area contributed by atoms with Crippen LogP contribution in [-0.4, -0.2) is 0 Å². The van der Waals surface area contributed by atoms with Crippen molar-refractivity contribution in [2.75, 3.05) is 0 Å². The number of rotatable bonds is 7. The highest BCUT2D eigenvalue weighted by atomic mass is 14.4. The van der Waals surface area contributed by atoms with Gasteiger partial charge in [0.15, 0.2) is 0 Å². The molecule has 0 bridgehead atoms. The minimum absolute atomic E-state index is 0.00749. The van der Waals surface area contributed by atoms with E-state index in [1.165, 1.54) is 99.4 Å². The molecule has 1 aliphatic rings. The van der Waals surface area contributed by atoms with Crippen LogP contribution in [0.1, 0.15) is 37.8 Å². The molecule has 1 unspecified atom stereocenters. The summed E-state index contributed by atoms with van der Waals surface area (Å²) in [6.07, 6.45) is 2.27. The third kappa shape index (κ3) is 5.52. The zero-order chi connectivity index (χ0) is 36.9. The lowest BCUT2D eigenvalue weighted by Crippen LogP contribution is -2.20. The van der Waals surface area contributed by atoms with Crippen LogP contribution in [0.2, 0.25) is 0 Å². The van der Waals surface area contributed by atoms with E-state index < -0.39 is 0 Å². The van der Waals surface area contributed by atoms with Gasteiger partial charge in [0, 0.05) is 5.41 Å². The molecule has 0 saturated heterocycles. The van der Waals surface area contributed by atoms with E-state index in [1.807, 2.05) is 0 Å². The first-order chi connectivity index (χ1) is 27.1. The van der Waals surface area contributed by atoms with Gasteiger partial charge in [0.2, 0.25) is 0 Å². The lowest BCUT2D eigenvalue weighted by Gasteiger charge is -2.27. The topological polar surface area (TPSA) is 0 Å². The first kappa shape index (κ1) is 33.1. The van der Waals surface area contributed by atoms with Gasteiger partial charge in [-0.05, 0) is 130 Å². The Morgan fingerprint density at radius 3 is 1.25 bits per heavy atom. The van der Waals surface area contributed by atoms with Crippen LogP contribution < -0.4 is 0 Å². The van der Waals surface area contributed by atoms with Crippen LogP contribution in [0.25, 0.3) is 88.3 Å². The molecule has 9 aromatic carbocycles. The Hall–Kier alpha value is -6.50. The Balaban J connectivity index is 1.12. The molecule has 1 atom stereocenters. The molecule has 0 N–H and O–H groups in total. The molecule has 0 aliphatic heterocycles. The fraction of sp³-hybridized carbons (Fsp3) is 0.0909. The Kier molecular flexibility index (Phi) is 8.07. The van der Waals surface area contributed by atoms with Gasteiger partial charge in [0.05, 0.1) is 0 Å². The summed E-state index contributed by atoms with van der Waals surface area (Å²) in [5.74, 6) is 0. The molecule has 262 valence electrons. The standard InChI is InChI=1S/C55H42/c1-3-32-55(2)51-25-15-14-20-45(51)46-31-30-41(36-52(46)55)54-49-23-12-10-21-47(49)53(48-22-11-13-24-50(48)54)40-28-26-39(27-29-40)44-34-42(37-16-6-4-7-17-37)33-43(35-44)38-18-8-5-9-19-38/h4-31,33-36H,3,32H2,1-2H3. The van der Waals surface area contributed by atoms with Crippen molar-refractivity contribution in [3.8, 4) is 66.8 Å². The lowest BCUT2D eigenvalue weighted by atomic mass is 9.76. The van der Waals surface area contributed by atoms with Crippen LogP contribution in [0.3, 0.4) is 0 Å². The highest BCUT2D eigenvalue weighted by Crippen LogP contribution is 2.53. The zero-order valence-corrected chi connectivity index (χ0v) is 31.4. The molecule has 0 heteroatoms. The van der Waals surface area contributed by atoms with Gasteiger partial charge in [-0.3, -0.25) is 0 Å². The monoisotopic (exact) mass is 702 g/mol. The minimum atomic E-state index is -0.00749. The van der Waals surface area contributed by atoms with Crippen molar-refractivity contribution < 1.29 is 0 Å². The van der Waals surface area contributed by atoms with Gasteiger partial charge in [-0.1, -0.05) is 190 Å². The van der Waals surface area contributed by atoms with Crippen molar-refractivity contribution in [1.82, 2.24) is 0 Å². The molecule has 10 rings (SSSR count). The van der Waals surface area contributed by atoms with Crippen molar-refractivity contribution in [2.45, 2.75) is 32.1 Å². The summed E-state index contributed by atoms with van der Waals surface area (Å²) in [7, 11) is 0. The molecule has 55 heavy (non-hydrogen) atoms. The second-order valence-corrected chi connectivity index (χ2v) is 15.3. The highest BCUT2D eigenvalue weighted by Gasteiger charge is 2.38. The molecule has 0 fully saturated rings. The average Bonchev–Trinajstić information content (AvgIpc) is 3.50. The van der Waals surface area contributed by atoms with Gasteiger partial charge in [-0.2, -0.15) is 0 Å². The van der Waals surface area contributed by atoms with Gasteiger partial charge < -0.3 is 0 Å². The van der Waals surface area contributed by atoms with E-state index in [2.05, 4.69) is 208 Å². The van der Waals surface area contributed by atoms with Crippen LogP contribution in [0.15, 0.2) is 194 Å². The van der Waals surface area contributed by atoms with E-state index in [0.29, 0.717) is 0 Å². The molecular formula is C55H42. The molecule has 0 amide bonds. The van der Waals surface area contributed by atoms with E-state index in [1.54, 1.807) is 0 Å². The molecule has 1 aliphatic carbocycles. The van der Waals surface area contributed by atoms with Crippen LogP contribution in [0, 0.1) is 0 Å². The molecule has 0 saturated carbocycles. The molecule has 0 nitrogen and oxygen atoms in total. The van der Waals surface area contributed by atoms with E-state index in [4.69, 9.17) is 0 Å². The summed E-state index contributed by atoms with van der Waals surface area (Å²) in [4.78, 5) is 0. The quantitative estimate of drug-likeness (QED) is 0.145. The maximum atomic E-state index is 2.51. The smallest absolute Gasteiger partial charge is 0.0187 e. The van der Waals surface area contributed by atoms with Crippen molar-refractivity contribution >= 4 is 21.5 Å². The van der Waals surface area contributed by atoms with E-state index in [0.717, 1.165) is 12.8 Å². The summed E-state index contributed by atoms with van der Waals surface area (Å²) in [6.45, 7) is 4.76. The van der Waals surface area contributed by atoms with Gasteiger partial charge >= 0.3 is 0 Å². The van der Waals surface area contributed by atoms with Gasteiger partial charge in [0.25, 0.3) is 0 Å². The summed E-state index contributed by atoms with van der Waals surface area (Å²) >= 11 is 0. The fourth-order valence-electron chi connectivity index (χ4n) is 9.47. The highest BCUT2D eigenvalue weighted by molar-refractivity contribution is 6.21. The summed E-state index contributed by atoms with van der Waals surface area (Å²) in [6, 6.07) is 72.0. The Labute approximate surface area is 324 Å². The molecule has 0 spiro atoms. The molecular weight excluding hydrogens is 661 g/mol. The maximum Gasteiger partial charge on any atom is 0.0187 e. The Bertz CT molecular complexity index is 2750. The van der Waals surface area contributed by atoms with Gasteiger partial charge in [0.1, 0.15) is 0 Å². The van der Waals surface area contributed by atoms with Crippen molar-refractivity contribution in [1.29, 1.82) is 0 Å².